The van der Waals surface area contributed by atoms with Gasteiger partial charge >= 0.3 is 5.69 Å². The van der Waals surface area contributed by atoms with Crippen molar-refractivity contribution in [3.63, 3.8) is 0 Å². The van der Waals surface area contributed by atoms with Gasteiger partial charge in [-0.2, -0.15) is 4.98 Å². The average Bonchev–Trinajstić information content (AvgIpc) is 3.28. The van der Waals surface area contributed by atoms with Crippen LogP contribution in [0.5, 0.6) is 0 Å². The minimum Gasteiger partial charge on any atom is -0.380 e. The lowest BCUT2D eigenvalue weighted by atomic mass is 9.81. The molecule has 0 bridgehead atoms. The number of nitrogens with zero attached hydrogens (tertiary/aromatic N) is 2. The molecule has 41 heavy (non-hydrogen) atoms. The Hall–Kier alpha value is -4.84. The molecule has 208 valence electrons. The number of alkyl halides is 1. The van der Waals surface area contributed by atoms with E-state index in [4.69, 9.17) is 4.74 Å². The molecule has 1 amide bonds. The Kier molecular flexibility index (Phi) is 7.66. The van der Waals surface area contributed by atoms with Crippen LogP contribution in [-0.2, 0) is 9.53 Å². The summed E-state index contributed by atoms with van der Waals surface area (Å²) in [5, 5.41) is 24.8. The molecule has 11 heteroatoms. The second kappa shape index (κ2) is 11.3. The number of aromatic nitrogens is 2. The third-order valence-corrected chi connectivity index (χ3v) is 6.77. The number of anilines is 1. The Morgan fingerprint density at radius 2 is 1.46 bits per heavy atom. The van der Waals surface area contributed by atoms with Crippen molar-refractivity contribution < 1.29 is 33.7 Å². The summed E-state index contributed by atoms with van der Waals surface area (Å²) in [6.45, 7) is 0. The van der Waals surface area contributed by atoms with E-state index in [9.17, 15) is 29.4 Å². The Morgan fingerprint density at radius 1 is 0.902 bits per heavy atom. The monoisotopic (exact) mass is 557 g/mol. The first-order valence-corrected chi connectivity index (χ1v) is 12.6. The van der Waals surface area contributed by atoms with Gasteiger partial charge in [-0.3, -0.25) is 19.0 Å². The molecule has 0 radical (unpaired) electrons. The van der Waals surface area contributed by atoms with Crippen LogP contribution in [0.3, 0.4) is 0 Å². The number of Topliss-reactive ketones (excluding diaryl/α,β-unsaturated/α-hetero) is 2. The molecule has 0 spiro atoms. The van der Waals surface area contributed by atoms with Gasteiger partial charge in [0, 0.05) is 17.3 Å². The van der Waals surface area contributed by atoms with Gasteiger partial charge in [0.2, 0.25) is 5.78 Å². The molecule has 2 heterocycles. The number of benzene rings is 3. The van der Waals surface area contributed by atoms with Crippen LogP contribution in [0.4, 0.5) is 10.2 Å². The lowest BCUT2D eigenvalue weighted by Crippen LogP contribution is -2.56. The van der Waals surface area contributed by atoms with Gasteiger partial charge in [0.1, 0.15) is 11.9 Å². The molecule has 3 aromatic carbocycles. The SMILES string of the molecule is O=C(Nc1ccn([C@@H]2O[C@H](C(=O)C(O)c3ccccc3)[C@](O)(C(=O)c3ccccc3)[C@H]2F)c(=O)n1)c1ccccc1. The van der Waals surface area contributed by atoms with Gasteiger partial charge in [-0.05, 0) is 23.8 Å². The molecule has 3 N–H and O–H groups in total. The maximum Gasteiger partial charge on any atom is 0.351 e. The summed E-state index contributed by atoms with van der Waals surface area (Å²) in [7, 11) is 0. The lowest BCUT2D eigenvalue weighted by molar-refractivity contribution is -0.148. The number of hydrogen-bond donors (Lipinski definition) is 3. The molecule has 1 aliphatic heterocycles. The van der Waals surface area contributed by atoms with Crippen LogP contribution in [0.1, 0.15) is 38.6 Å². The van der Waals surface area contributed by atoms with Crippen LogP contribution in [0.15, 0.2) is 108 Å². The highest BCUT2D eigenvalue weighted by atomic mass is 19.1. The standard InChI is InChI=1S/C30H24FN3O7/c31-24-28(34-17-16-21(33-29(34)39)32-27(38)20-14-8-3-9-15-20)41-26(23(36)22(35)18-10-4-1-5-11-18)30(24,40)25(37)19-12-6-2-7-13-19/h1-17,22,24,26,28,35,40H,(H,32,33,38,39)/t22?,24-,26+,28+,30+/m0/s1. The first kappa shape index (κ1) is 27.7. The molecule has 1 saturated heterocycles. The number of amides is 1. The predicted octanol–water partition coefficient (Wildman–Crippen LogP) is 2.65. The fraction of sp³-hybridized carbons (Fsp3) is 0.167. The minimum atomic E-state index is -3.10. The van der Waals surface area contributed by atoms with E-state index < -0.39 is 53.4 Å². The van der Waals surface area contributed by atoms with Crippen molar-refractivity contribution in [3.8, 4) is 0 Å². The fourth-order valence-corrected chi connectivity index (χ4v) is 4.63. The molecule has 4 aromatic rings. The number of hydrogen-bond acceptors (Lipinski definition) is 8. The van der Waals surface area contributed by atoms with Crippen molar-refractivity contribution in [3.05, 3.63) is 130 Å². The molecule has 0 saturated carbocycles. The van der Waals surface area contributed by atoms with E-state index in [-0.39, 0.29) is 16.9 Å². The summed E-state index contributed by atoms with van der Waals surface area (Å²) in [5.74, 6) is -3.03. The number of nitrogens with one attached hydrogen (secondary N) is 1. The molecular weight excluding hydrogens is 533 g/mol. The van der Waals surface area contributed by atoms with Crippen LogP contribution in [0.25, 0.3) is 0 Å². The molecule has 10 nitrogen and oxygen atoms in total. The number of ether oxygens (including phenoxy) is 1. The summed E-state index contributed by atoms with van der Waals surface area (Å²) in [5.41, 5.74) is -3.86. The quantitative estimate of drug-likeness (QED) is 0.280. The van der Waals surface area contributed by atoms with E-state index in [0.717, 1.165) is 6.20 Å². The normalized spacial score (nSPS) is 22.6. The summed E-state index contributed by atoms with van der Waals surface area (Å²) in [6.07, 6.45) is -7.59. The summed E-state index contributed by atoms with van der Waals surface area (Å²) >= 11 is 0. The van der Waals surface area contributed by atoms with Crippen LogP contribution in [-0.4, -0.2) is 55.1 Å². The van der Waals surface area contributed by atoms with Crippen molar-refractivity contribution >= 4 is 23.3 Å². The smallest absolute Gasteiger partial charge is 0.351 e. The predicted molar refractivity (Wildman–Crippen MR) is 144 cm³/mol. The highest BCUT2D eigenvalue weighted by Gasteiger charge is 2.65. The summed E-state index contributed by atoms with van der Waals surface area (Å²) in [6, 6.07) is 24.3. The fourth-order valence-electron chi connectivity index (χ4n) is 4.63. The van der Waals surface area contributed by atoms with Gasteiger partial charge in [0.05, 0.1) is 0 Å². The molecule has 1 aromatic heterocycles. The van der Waals surface area contributed by atoms with Crippen molar-refractivity contribution in [2.24, 2.45) is 0 Å². The molecule has 5 atom stereocenters. The first-order chi connectivity index (χ1) is 19.7. The summed E-state index contributed by atoms with van der Waals surface area (Å²) in [4.78, 5) is 56.0. The van der Waals surface area contributed by atoms with E-state index in [2.05, 4.69) is 10.3 Å². The molecule has 1 unspecified atom stereocenters. The molecular formula is C30H24FN3O7. The third kappa shape index (κ3) is 5.21. The Labute approximate surface area is 232 Å². The van der Waals surface area contributed by atoms with Gasteiger partial charge in [-0.25, -0.2) is 9.18 Å². The number of aliphatic hydroxyl groups is 2. The zero-order chi connectivity index (χ0) is 29.1. The van der Waals surface area contributed by atoms with Gasteiger partial charge in [0.25, 0.3) is 5.91 Å². The molecule has 1 aliphatic rings. The number of halogens is 1. The van der Waals surface area contributed by atoms with Crippen molar-refractivity contribution in [2.75, 3.05) is 5.32 Å². The van der Waals surface area contributed by atoms with Crippen molar-refractivity contribution in [2.45, 2.75) is 30.2 Å². The zero-order valence-electron chi connectivity index (χ0n) is 21.3. The van der Waals surface area contributed by atoms with E-state index in [1.165, 1.54) is 42.5 Å². The highest BCUT2D eigenvalue weighted by Crippen LogP contribution is 2.43. The van der Waals surface area contributed by atoms with Gasteiger partial charge in [0.15, 0.2) is 29.9 Å². The number of rotatable bonds is 8. The largest absolute Gasteiger partial charge is 0.380 e. The maximum atomic E-state index is 16.2. The molecule has 1 fully saturated rings. The highest BCUT2D eigenvalue weighted by molar-refractivity contribution is 6.08. The Morgan fingerprint density at radius 3 is 2.05 bits per heavy atom. The second-order valence-electron chi connectivity index (χ2n) is 9.37. The Balaban J connectivity index is 1.49. The number of carbonyl (C=O) groups is 3. The Bertz CT molecular complexity index is 1630. The number of carbonyl (C=O) groups excluding carboxylic acids is 3. The molecule has 0 aliphatic carbocycles. The van der Waals surface area contributed by atoms with Crippen LogP contribution in [0.2, 0.25) is 0 Å². The third-order valence-electron chi connectivity index (χ3n) is 6.77. The summed E-state index contributed by atoms with van der Waals surface area (Å²) < 4.78 is 22.4. The van der Waals surface area contributed by atoms with Gasteiger partial charge in [-0.15, -0.1) is 0 Å². The first-order valence-electron chi connectivity index (χ1n) is 12.6. The number of ketones is 2. The van der Waals surface area contributed by atoms with Gasteiger partial charge < -0.3 is 20.3 Å². The van der Waals surface area contributed by atoms with Gasteiger partial charge in [-0.1, -0.05) is 78.9 Å². The second-order valence-corrected chi connectivity index (χ2v) is 9.37. The van der Waals surface area contributed by atoms with Crippen LogP contribution < -0.4 is 11.0 Å². The van der Waals surface area contributed by atoms with E-state index in [1.54, 1.807) is 54.6 Å². The zero-order valence-corrected chi connectivity index (χ0v) is 21.3. The topological polar surface area (TPSA) is 148 Å². The lowest BCUT2D eigenvalue weighted by Gasteiger charge is -2.28. The van der Waals surface area contributed by atoms with Crippen molar-refractivity contribution in [1.82, 2.24) is 9.55 Å². The maximum absolute atomic E-state index is 16.2. The van der Waals surface area contributed by atoms with E-state index in [0.29, 0.717) is 10.1 Å². The van der Waals surface area contributed by atoms with E-state index in [1.807, 2.05) is 0 Å². The number of aliphatic hydroxyl groups excluding tert-OH is 1. The van der Waals surface area contributed by atoms with E-state index >= 15 is 4.39 Å². The average molecular weight is 558 g/mol. The van der Waals surface area contributed by atoms with Crippen LogP contribution >= 0.6 is 0 Å². The van der Waals surface area contributed by atoms with Crippen molar-refractivity contribution in [1.29, 1.82) is 0 Å². The molecule has 5 rings (SSSR count). The minimum absolute atomic E-state index is 0.113. The van der Waals surface area contributed by atoms with Crippen LogP contribution in [0, 0.1) is 0 Å².